The van der Waals surface area contributed by atoms with Crippen LogP contribution in [-0.4, -0.2) is 104 Å². The molecule has 26 heteroatoms. The molecule has 3 N–H and O–H groups in total. The first-order chi connectivity index (χ1) is 53.4. The molecule has 0 bridgehead atoms. The zero-order valence-corrected chi connectivity index (χ0v) is 61.6. The molecule has 20 nitrogen and oxygen atoms in total. The van der Waals surface area contributed by atoms with Gasteiger partial charge < -0.3 is 48.8 Å². The molecule has 10 aromatic carbocycles. The number of nitrogens with zero attached hydrogens (tertiary/aromatic N) is 6. The van der Waals surface area contributed by atoms with E-state index in [0.29, 0.717) is 39.8 Å². The van der Waals surface area contributed by atoms with Crippen LogP contribution in [0.25, 0.3) is 67.9 Å². The fraction of sp³-hybridized carbons (Fsp3) is 0.186. The summed E-state index contributed by atoms with van der Waals surface area (Å²) >= 11 is 0. The molecule has 2 aromatic heterocycles. The maximum atomic E-state index is 13.8. The van der Waals surface area contributed by atoms with E-state index in [-0.39, 0.29) is 70.7 Å². The maximum absolute atomic E-state index is 13.8. The standard InChI is InChI=1S/C45H41F3N4O6.C41H33F3N4O6/c1-28-6-10-30(11-7-28)31-14-16-32(17-15-31)41-50-42(58-51-41)33-12-8-29(9-13-33)26-52(27-40(54)57-44(2,3)4)43(55)34-18-21-36(22-19-34)49-39(53)24-35-20-23-37(56-5)25-38(35)45(46,47)48;1-25-3-7-27(8-4-25)28-11-13-29(14-12-28)38-46-39(54-47-38)30-9-5-26(6-10-30)23-48(24-37(50)51)40(52)31-15-18-33(19-16-31)45-36(49)21-32-17-20-34(53-2)22-35(32)41(42,43)44/h6-23,25H,24,26-27H2,1-5H3,(H,49,53);3-20,22H,21,23-24H2,1-2H3,(H,45,49)(H,50,51). The number of aromatic nitrogens is 4. The molecular weight excluding hydrogens is 1450 g/mol. The quantitative estimate of drug-likeness (QED) is 0.0375. The lowest BCUT2D eigenvalue weighted by Crippen LogP contribution is -2.38. The van der Waals surface area contributed by atoms with E-state index in [0.717, 1.165) is 50.4 Å². The highest BCUT2D eigenvalue weighted by molar-refractivity contribution is 5.99. The number of methoxy groups -OCH3 is 2. The lowest BCUT2D eigenvalue weighted by Gasteiger charge is -2.25. The first-order valence-corrected chi connectivity index (χ1v) is 34.9. The highest BCUT2D eigenvalue weighted by Crippen LogP contribution is 2.38. The summed E-state index contributed by atoms with van der Waals surface area (Å²) in [5, 5.41) is 22.9. The van der Waals surface area contributed by atoms with E-state index < -0.39 is 84.0 Å². The van der Waals surface area contributed by atoms with E-state index >= 15 is 0 Å². The predicted molar refractivity (Wildman–Crippen MR) is 407 cm³/mol. The first kappa shape index (κ1) is 79.5. The molecule has 12 aromatic rings. The van der Waals surface area contributed by atoms with Crippen molar-refractivity contribution < 1.29 is 83.5 Å². The number of carbonyl (C=O) groups excluding carboxylic acids is 5. The Labute approximate surface area is 639 Å². The van der Waals surface area contributed by atoms with Gasteiger partial charge in [-0.25, -0.2) is 0 Å². The largest absolute Gasteiger partial charge is 0.497 e. The van der Waals surface area contributed by atoms with Crippen LogP contribution >= 0.6 is 0 Å². The molecule has 0 aliphatic heterocycles. The van der Waals surface area contributed by atoms with Gasteiger partial charge in [-0.3, -0.25) is 28.8 Å². The minimum absolute atomic E-state index is 0.00956. The summed E-state index contributed by atoms with van der Waals surface area (Å²) < 4.78 is 108. The van der Waals surface area contributed by atoms with E-state index in [1.165, 1.54) is 103 Å². The van der Waals surface area contributed by atoms with Crippen molar-refractivity contribution >= 4 is 46.9 Å². The number of amides is 4. The van der Waals surface area contributed by atoms with Gasteiger partial charge in [0, 0.05) is 57.8 Å². The normalized spacial score (nSPS) is 11.4. The molecule has 112 heavy (non-hydrogen) atoms. The molecule has 0 radical (unpaired) electrons. The highest BCUT2D eigenvalue weighted by atomic mass is 19.4. The fourth-order valence-corrected chi connectivity index (χ4v) is 11.8. The van der Waals surface area contributed by atoms with Crippen LogP contribution in [0, 0.1) is 13.8 Å². The number of carboxylic acids is 1. The van der Waals surface area contributed by atoms with Crippen LogP contribution in [0.15, 0.2) is 240 Å². The summed E-state index contributed by atoms with van der Waals surface area (Å²) in [6, 6.07) is 64.5. The second-order valence-corrected chi connectivity index (χ2v) is 27.1. The average molecular weight is 1530 g/mol. The van der Waals surface area contributed by atoms with Gasteiger partial charge in [-0.2, -0.15) is 36.3 Å². The number of esters is 1. The van der Waals surface area contributed by atoms with Gasteiger partial charge in [0.2, 0.25) is 23.5 Å². The Kier molecular flexibility index (Phi) is 24.7. The van der Waals surface area contributed by atoms with E-state index in [1.807, 2.05) is 62.4 Å². The fourth-order valence-electron chi connectivity index (χ4n) is 11.8. The van der Waals surface area contributed by atoms with Gasteiger partial charge >= 0.3 is 24.3 Å². The van der Waals surface area contributed by atoms with E-state index in [4.69, 9.17) is 23.3 Å². The number of nitrogens with one attached hydrogen (secondary N) is 2. The maximum Gasteiger partial charge on any atom is 0.416 e. The number of aliphatic carboxylic acids is 1. The molecule has 4 amide bonds. The van der Waals surface area contributed by atoms with Crippen LogP contribution in [0.4, 0.5) is 37.7 Å². The van der Waals surface area contributed by atoms with Crippen LogP contribution in [0.1, 0.15) is 86.0 Å². The molecule has 0 fully saturated rings. The van der Waals surface area contributed by atoms with Crippen LogP contribution in [0.2, 0.25) is 0 Å². The molecule has 2 heterocycles. The minimum Gasteiger partial charge on any atom is -0.497 e. The van der Waals surface area contributed by atoms with Gasteiger partial charge in [0.05, 0.1) is 38.2 Å². The van der Waals surface area contributed by atoms with Crippen molar-refractivity contribution in [3.63, 3.8) is 0 Å². The minimum atomic E-state index is -4.69. The predicted octanol–water partition coefficient (Wildman–Crippen LogP) is 17.9. The number of rotatable bonds is 24. The second-order valence-electron chi connectivity index (χ2n) is 27.1. The molecule has 0 unspecified atom stereocenters. The first-order valence-electron chi connectivity index (χ1n) is 34.9. The molecule has 0 atom stereocenters. The number of hydrogen-bond donors (Lipinski definition) is 3. The average Bonchev–Trinajstić information content (AvgIpc) is 1.82. The van der Waals surface area contributed by atoms with E-state index in [2.05, 4.69) is 79.4 Å². The third-order valence-electron chi connectivity index (χ3n) is 17.5. The molecule has 0 aliphatic rings. The van der Waals surface area contributed by atoms with Crippen molar-refractivity contribution in [3.05, 3.63) is 286 Å². The number of alkyl halides is 6. The Morgan fingerprint density at radius 3 is 1.09 bits per heavy atom. The number of ether oxygens (including phenoxy) is 3. The number of halogens is 6. The van der Waals surface area contributed by atoms with Crippen LogP contribution in [-0.2, 0) is 62.2 Å². The van der Waals surface area contributed by atoms with Gasteiger partial charge in [-0.15, -0.1) is 0 Å². The molecular formula is C86H74F6N8O12. The third-order valence-corrected chi connectivity index (χ3v) is 17.5. The Hall–Kier alpha value is -13.5. The summed E-state index contributed by atoms with van der Waals surface area (Å²) in [4.78, 5) is 88.9. The SMILES string of the molecule is COc1ccc(CC(=O)Nc2ccc(C(=O)N(CC(=O)O)Cc3ccc(-c4nc(-c5ccc(-c6ccc(C)cc6)cc5)no4)cc3)cc2)c(C(F)(F)F)c1.COc1ccc(CC(=O)Nc2ccc(C(=O)N(CC(=O)OC(C)(C)C)Cc3ccc(-c4nc(-c5ccc(-c6ccc(C)cc6)cc5)no4)cc3)cc2)c(C(F)(F)F)c1. The van der Waals surface area contributed by atoms with Gasteiger partial charge in [0.25, 0.3) is 23.6 Å². The lowest BCUT2D eigenvalue weighted by molar-refractivity contribution is -0.155. The summed E-state index contributed by atoms with van der Waals surface area (Å²) in [7, 11) is 2.50. The molecule has 0 saturated heterocycles. The summed E-state index contributed by atoms with van der Waals surface area (Å²) in [6.45, 7) is 8.34. The molecule has 0 spiro atoms. The summed E-state index contributed by atoms with van der Waals surface area (Å²) in [5.41, 5.74) is 8.57. The van der Waals surface area contributed by atoms with Crippen molar-refractivity contribution in [2.45, 2.75) is 78.5 Å². The van der Waals surface area contributed by atoms with Crippen molar-refractivity contribution in [3.8, 4) is 79.4 Å². The smallest absolute Gasteiger partial charge is 0.416 e. The number of aryl methyl sites for hydroxylation is 2. The van der Waals surface area contributed by atoms with Gasteiger partial charge in [0.1, 0.15) is 30.2 Å². The number of anilines is 2. The van der Waals surface area contributed by atoms with Crippen LogP contribution in [0.3, 0.4) is 0 Å². The van der Waals surface area contributed by atoms with E-state index in [1.54, 1.807) is 69.3 Å². The molecule has 0 saturated carbocycles. The topological polar surface area (TPSA) is 259 Å². The van der Waals surface area contributed by atoms with Crippen molar-refractivity contribution in [2.24, 2.45) is 0 Å². The Bertz CT molecular complexity index is 5320. The lowest BCUT2D eigenvalue weighted by atomic mass is 10.0. The number of hydrogen-bond acceptors (Lipinski definition) is 15. The van der Waals surface area contributed by atoms with E-state index in [9.17, 15) is 60.2 Å². The summed E-state index contributed by atoms with van der Waals surface area (Å²) in [5.74, 6) is -2.81. The summed E-state index contributed by atoms with van der Waals surface area (Å²) in [6.07, 6.45) is -10.5. The number of carbonyl (C=O) groups is 6. The Morgan fingerprint density at radius 2 is 0.759 bits per heavy atom. The zero-order chi connectivity index (χ0) is 80.0. The highest BCUT2D eigenvalue weighted by Gasteiger charge is 2.36. The van der Waals surface area contributed by atoms with Crippen molar-refractivity contribution in [1.29, 1.82) is 0 Å². The number of carboxylic acid groups (broad SMARTS) is 1. The van der Waals surface area contributed by atoms with Crippen molar-refractivity contribution in [1.82, 2.24) is 30.1 Å². The Morgan fingerprint density at radius 1 is 0.429 bits per heavy atom. The third kappa shape index (κ3) is 21.2. The van der Waals surface area contributed by atoms with Gasteiger partial charge in [-0.1, -0.05) is 155 Å². The second kappa shape index (κ2) is 34.8. The zero-order valence-electron chi connectivity index (χ0n) is 61.6. The van der Waals surface area contributed by atoms with Crippen LogP contribution in [0.5, 0.6) is 11.5 Å². The molecule has 0 aliphatic carbocycles. The van der Waals surface area contributed by atoms with Crippen molar-refractivity contribution in [2.75, 3.05) is 37.9 Å². The Balaban J connectivity index is 0.000000222. The van der Waals surface area contributed by atoms with Gasteiger partial charge in [0.15, 0.2) is 0 Å². The molecule has 572 valence electrons. The monoisotopic (exact) mass is 1520 g/mol. The number of benzene rings is 10. The molecule has 12 rings (SSSR count). The van der Waals surface area contributed by atoms with Crippen LogP contribution < -0.4 is 20.1 Å². The van der Waals surface area contributed by atoms with Gasteiger partial charge in [-0.05, 0) is 176 Å².